The zero-order valence-electron chi connectivity index (χ0n) is 12.0. The van der Waals surface area contributed by atoms with Gasteiger partial charge in [-0.2, -0.15) is 0 Å². The summed E-state index contributed by atoms with van der Waals surface area (Å²) in [4.78, 5) is 0. The van der Waals surface area contributed by atoms with E-state index in [1.807, 2.05) is 18.2 Å². The Kier molecular flexibility index (Phi) is 4.02. The Morgan fingerprint density at radius 3 is 2.86 bits per heavy atom. The van der Waals surface area contributed by atoms with E-state index in [1.165, 1.54) is 17.7 Å². The van der Waals surface area contributed by atoms with E-state index in [9.17, 15) is 4.39 Å². The normalized spacial score (nSPS) is 11.1. The average Bonchev–Trinajstić information content (AvgIpc) is 2.91. The lowest BCUT2D eigenvalue weighted by atomic mass is 10.1. The minimum Gasteiger partial charge on any atom is -0.456 e. The van der Waals surface area contributed by atoms with Crippen LogP contribution in [0.4, 0.5) is 4.39 Å². The van der Waals surface area contributed by atoms with Gasteiger partial charge in [0.2, 0.25) is 0 Å². The molecule has 3 heteroatoms. The third kappa shape index (κ3) is 3.14. The quantitative estimate of drug-likeness (QED) is 0.684. The Morgan fingerprint density at radius 2 is 2.00 bits per heavy atom. The first-order chi connectivity index (χ1) is 10.3. The van der Waals surface area contributed by atoms with Crippen molar-refractivity contribution in [2.75, 3.05) is 6.54 Å². The highest BCUT2D eigenvalue weighted by atomic mass is 19.1. The molecule has 0 aliphatic carbocycles. The van der Waals surface area contributed by atoms with Crippen LogP contribution in [0.15, 0.2) is 52.9 Å². The molecule has 3 rings (SSSR count). The van der Waals surface area contributed by atoms with Crippen LogP contribution >= 0.6 is 0 Å². The molecule has 0 radical (unpaired) electrons. The van der Waals surface area contributed by atoms with E-state index in [0.29, 0.717) is 5.58 Å². The molecule has 0 saturated heterocycles. The van der Waals surface area contributed by atoms with Gasteiger partial charge < -0.3 is 9.73 Å². The van der Waals surface area contributed by atoms with Crippen molar-refractivity contribution in [3.63, 3.8) is 0 Å². The van der Waals surface area contributed by atoms with E-state index in [-0.39, 0.29) is 5.82 Å². The Bertz CT molecular complexity index is 748. The van der Waals surface area contributed by atoms with E-state index in [1.54, 1.807) is 6.07 Å². The van der Waals surface area contributed by atoms with Gasteiger partial charge in [0.25, 0.3) is 0 Å². The van der Waals surface area contributed by atoms with Gasteiger partial charge >= 0.3 is 0 Å². The zero-order chi connectivity index (χ0) is 14.7. The molecule has 0 bridgehead atoms. The zero-order valence-corrected chi connectivity index (χ0v) is 12.0. The van der Waals surface area contributed by atoms with Gasteiger partial charge in [-0.05, 0) is 48.9 Å². The van der Waals surface area contributed by atoms with Crippen molar-refractivity contribution in [3.8, 4) is 11.3 Å². The summed E-state index contributed by atoms with van der Waals surface area (Å²) < 4.78 is 19.0. The Labute approximate surface area is 123 Å². The summed E-state index contributed by atoms with van der Waals surface area (Å²) in [5.74, 6) is 0.528. The predicted molar refractivity (Wildman–Crippen MR) is 83.6 cm³/mol. The maximum Gasteiger partial charge on any atom is 0.135 e. The summed E-state index contributed by atoms with van der Waals surface area (Å²) in [6, 6.07) is 14.7. The van der Waals surface area contributed by atoms with Crippen molar-refractivity contribution in [1.82, 2.24) is 5.32 Å². The summed E-state index contributed by atoms with van der Waals surface area (Å²) in [5, 5.41) is 4.18. The molecule has 1 heterocycles. The van der Waals surface area contributed by atoms with Crippen LogP contribution in [0.2, 0.25) is 0 Å². The van der Waals surface area contributed by atoms with Gasteiger partial charge in [-0.15, -0.1) is 0 Å². The van der Waals surface area contributed by atoms with E-state index < -0.39 is 0 Å². The molecule has 2 nitrogen and oxygen atoms in total. The maximum atomic E-state index is 13.2. The van der Waals surface area contributed by atoms with Crippen LogP contribution in [0, 0.1) is 5.82 Å². The van der Waals surface area contributed by atoms with Crippen LogP contribution in [0.1, 0.15) is 18.9 Å². The average molecular weight is 283 g/mol. The van der Waals surface area contributed by atoms with Crippen LogP contribution in [-0.4, -0.2) is 6.54 Å². The monoisotopic (exact) mass is 283 g/mol. The lowest BCUT2D eigenvalue weighted by Gasteiger charge is -2.04. The molecule has 108 valence electrons. The number of benzene rings is 2. The highest BCUT2D eigenvalue weighted by molar-refractivity contribution is 5.82. The summed E-state index contributed by atoms with van der Waals surface area (Å²) >= 11 is 0. The summed E-state index contributed by atoms with van der Waals surface area (Å²) in [6.07, 6.45) is 1.12. The van der Waals surface area contributed by atoms with E-state index >= 15 is 0 Å². The molecule has 0 saturated carbocycles. The minimum atomic E-state index is -0.243. The first-order valence-corrected chi connectivity index (χ1v) is 7.25. The molecule has 1 aromatic heterocycles. The fraction of sp³-hybridized carbons (Fsp3) is 0.222. The van der Waals surface area contributed by atoms with Crippen LogP contribution in [-0.2, 0) is 6.54 Å². The fourth-order valence-electron chi connectivity index (χ4n) is 2.40. The van der Waals surface area contributed by atoms with Crippen LogP contribution < -0.4 is 5.32 Å². The Morgan fingerprint density at radius 1 is 1.10 bits per heavy atom. The number of nitrogens with one attached hydrogen (secondary N) is 1. The SMILES string of the molecule is CCCNCc1cccc(-c2cc3cc(F)ccc3o2)c1. The van der Waals surface area contributed by atoms with Crippen LogP contribution in [0.25, 0.3) is 22.3 Å². The molecule has 0 amide bonds. The number of rotatable bonds is 5. The van der Waals surface area contributed by atoms with Crippen molar-refractivity contribution in [1.29, 1.82) is 0 Å². The number of halogens is 1. The van der Waals surface area contributed by atoms with Gasteiger partial charge in [-0.3, -0.25) is 0 Å². The van der Waals surface area contributed by atoms with Gasteiger partial charge in [0.05, 0.1) is 0 Å². The van der Waals surface area contributed by atoms with Crippen molar-refractivity contribution in [2.24, 2.45) is 0 Å². The largest absolute Gasteiger partial charge is 0.456 e. The van der Waals surface area contributed by atoms with E-state index in [4.69, 9.17) is 4.42 Å². The third-order valence-corrected chi connectivity index (χ3v) is 3.45. The van der Waals surface area contributed by atoms with Gasteiger partial charge in [0, 0.05) is 17.5 Å². The summed E-state index contributed by atoms with van der Waals surface area (Å²) in [7, 11) is 0. The first kappa shape index (κ1) is 13.8. The standard InChI is InChI=1S/C18H18FNO/c1-2-8-20-12-13-4-3-5-14(9-13)18-11-15-10-16(19)6-7-17(15)21-18/h3-7,9-11,20H,2,8,12H2,1H3. The van der Waals surface area contributed by atoms with E-state index in [2.05, 4.69) is 24.4 Å². The number of fused-ring (bicyclic) bond motifs is 1. The molecule has 21 heavy (non-hydrogen) atoms. The van der Waals surface area contributed by atoms with Gasteiger partial charge in [0.1, 0.15) is 17.2 Å². The smallest absolute Gasteiger partial charge is 0.135 e. The molecule has 0 aliphatic rings. The molecule has 0 fully saturated rings. The summed E-state index contributed by atoms with van der Waals surface area (Å²) in [5.41, 5.74) is 2.94. The molecule has 3 aromatic rings. The van der Waals surface area contributed by atoms with Crippen molar-refractivity contribution in [2.45, 2.75) is 19.9 Å². The highest BCUT2D eigenvalue weighted by Crippen LogP contribution is 2.28. The lowest BCUT2D eigenvalue weighted by molar-refractivity contribution is 0.619. The molecule has 0 aliphatic heterocycles. The topological polar surface area (TPSA) is 25.2 Å². The number of hydrogen-bond acceptors (Lipinski definition) is 2. The van der Waals surface area contributed by atoms with E-state index in [0.717, 1.165) is 36.2 Å². The van der Waals surface area contributed by atoms with Crippen molar-refractivity contribution in [3.05, 3.63) is 59.9 Å². The molecule has 0 spiro atoms. The molecule has 0 atom stereocenters. The molecular weight excluding hydrogens is 265 g/mol. The van der Waals surface area contributed by atoms with Gasteiger partial charge in [-0.1, -0.05) is 25.1 Å². The number of hydrogen-bond donors (Lipinski definition) is 1. The molecular formula is C18H18FNO. The van der Waals surface area contributed by atoms with Crippen molar-refractivity contribution < 1.29 is 8.81 Å². The van der Waals surface area contributed by atoms with Crippen LogP contribution in [0.3, 0.4) is 0 Å². The maximum absolute atomic E-state index is 13.2. The molecule has 2 aromatic carbocycles. The minimum absolute atomic E-state index is 0.243. The lowest BCUT2D eigenvalue weighted by Crippen LogP contribution is -2.13. The molecule has 1 N–H and O–H groups in total. The Balaban J connectivity index is 1.89. The highest BCUT2D eigenvalue weighted by Gasteiger charge is 2.07. The summed E-state index contributed by atoms with van der Waals surface area (Å²) in [6.45, 7) is 4.00. The molecule has 0 unspecified atom stereocenters. The second kappa shape index (κ2) is 6.10. The first-order valence-electron chi connectivity index (χ1n) is 7.25. The third-order valence-electron chi connectivity index (χ3n) is 3.45. The Hall–Kier alpha value is -2.13. The number of furan rings is 1. The van der Waals surface area contributed by atoms with Crippen molar-refractivity contribution >= 4 is 11.0 Å². The predicted octanol–water partition coefficient (Wildman–Crippen LogP) is 4.74. The fourth-order valence-corrected chi connectivity index (χ4v) is 2.40. The second-order valence-electron chi connectivity index (χ2n) is 5.17. The van der Waals surface area contributed by atoms with Gasteiger partial charge in [0.15, 0.2) is 0 Å². The van der Waals surface area contributed by atoms with Crippen LogP contribution in [0.5, 0.6) is 0 Å². The second-order valence-corrected chi connectivity index (χ2v) is 5.17. The van der Waals surface area contributed by atoms with Gasteiger partial charge in [-0.25, -0.2) is 4.39 Å².